The number of rotatable bonds is 8. The molecule has 0 fully saturated rings. The molecule has 3 aromatic heterocycles. The standard InChI is InChI=1S/C19H22F3N7O3S/c1-2-3-11-8-12-15(24-18(25-16(12)33-11)32-7-4-23-14(31)10-30)28-5-6-29-13(9-28)26-27-17(29)19(20,21)22/h8,30H,2-7,9-10H2,1H3,(H,23,31). The second kappa shape index (κ2) is 9.47. The molecule has 0 radical (unpaired) electrons. The summed E-state index contributed by atoms with van der Waals surface area (Å²) in [5.74, 6) is -0.761. The van der Waals surface area contributed by atoms with E-state index in [9.17, 15) is 18.0 Å². The Hall–Kier alpha value is -3.00. The summed E-state index contributed by atoms with van der Waals surface area (Å²) in [6.07, 6.45) is -2.74. The molecule has 1 aliphatic heterocycles. The Morgan fingerprint density at radius 1 is 1.30 bits per heavy atom. The van der Waals surface area contributed by atoms with Crippen LogP contribution in [0, 0.1) is 0 Å². The van der Waals surface area contributed by atoms with E-state index in [4.69, 9.17) is 9.84 Å². The maximum atomic E-state index is 13.2. The lowest BCUT2D eigenvalue weighted by atomic mass is 10.2. The summed E-state index contributed by atoms with van der Waals surface area (Å²) < 4.78 is 46.2. The number of nitrogens with zero attached hydrogens (tertiary/aromatic N) is 6. The third-order valence-corrected chi connectivity index (χ3v) is 6.09. The van der Waals surface area contributed by atoms with Gasteiger partial charge in [0.25, 0.3) is 0 Å². The summed E-state index contributed by atoms with van der Waals surface area (Å²) in [6.45, 7) is 2.17. The van der Waals surface area contributed by atoms with Gasteiger partial charge >= 0.3 is 12.2 Å². The number of hydrogen-bond acceptors (Lipinski definition) is 9. The van der Waals surface area contributed by atoms with Crippen LogP contribution in [-0.2, 0) is 30.5 Å². The van der Waals surface area contributed by atoms with Crippen LogP contribution in [0.1, 0.15) is 29.9 Å². The summed E-state index contributed by atoms with van der Waals surface area (Å²) >= 11 is 1.51. The molecule has 0 saturated carbocycles. The van der Waals surface area contributed by atoms with E-state index < -0.39 is 24.5 Å². The average molecular weight is 485 g/mol. The summed E-state index contributed by atoms with van der Waals surface area (Å²) in [6, 6.07) is 2.11. The van der Waals surface area contributed by atoms with Crippen molar-refractivity contribution in [2.75, 3.05) is 31.2 Å². The lowest BCUT2D eigenvalue weighted by Gasteiger charge is -2.29. The predicted octanol–water partition coefficient (Wildman–Crippen LogP) is 1.76. The van der Waals surface area contributed by atoms with Gasteiger partial charge < -0.3 is 24.6 Å². The number of aliphatic hydroxyl groups excluding tert-OH is 1. The van der Waals surface area contributed by atoms with Gasteiger partial charge in [0.05, 0.1) is 18.5 Å². The average Bonchev–Trinajstić information content (AvgIpc) is 3.39. The van der Waals surface area contributed by atoms with Crippen molar-refractivity contribution in [1.29, 1.82) is 0 Å². The third-order valence-electron chi connectivity index (χ3n) is 5.00. The molecule has 4 rings (SSSR count). The molecule has 0 atom stereocenters. The molecular weight excluding hydrogens is 463 g/mol. The number of amides is 1. The van der Waals surface area contributed by atoms with E-state index in [0.29, 0.717) is 10.6 Å². The van der Waals surface area contributed by atoms with E-state index in [2.05, 4.69) is 32.4 Å². The zero-order chi connectivity index (χ0) is 23.6. The van der Waals surface area contributed by atoms with Crippen molar-refractivity contribution in [1.82, 2.24) is 30.0 Å². The first kappa shape index (κ1) is 23.2. The molecule has 4 heterocycles. The van der Waals surface area contributed by atoms with E-state index in [-0.39, 0.29) is 44.6 Å². The van der Waals surface area contributed by atoms with E-state index in [1.807, 2.05) is 11.0 Å². The normalized spacial score (nSPS) is 13.9. The monoisotopic (exact) mass is 485 g/mol. The first-order valence-electron chi connectivity index (χ1n) is 10.3. The van der Waals surface area contributed by atoms with Crippen molar-refractivity contribution in [2.24, 2.45) is 0 Å². The number of hydrogen-bond donors (Lipinski definition) is 2. The number of halogens is 3. The van der Waals surface area contributed by atoms with E-state index >= 15 is 0 Å². The molecular formula is C19H22F3N7O3S. The molecule has 10 nitrogen and oxygen atoms in total. The van der Waals surface area contributed by atoms with Gasteiger partial charge in [0, 0.05) is 18.0 Å². The van der Waals surface area contributed by atoms with Crippen LogP contribution in [0.25, 0.3) is 10.2 Å². The SMILES string of the molecule is CCCc1cc2c(N3CCn4c(nnc4C(F)(F)F)C3)nc(OCCNC(=O)CO)nc2s1. The number of nitrogens with one attached hydrogen (secondary N) is 1. The van der Waals surface area contributed by atoms with Gasteiger partial charge in [-0.25, -0.2) is 0 Å². The molecule has 33 heavy (non-hydrogen) atoms. The minimum atomic E-state index is -4.57. The molecule has 0 spiro atoms. The van der Waals surface area contributed by atoms with Crippen molar-refractivity contribution in [3.8, 4) is 6.01 Å². The highest BCUT2D eigenvalue weighted by Gasteiger charge is 2.39. The zero-order valence-electron chi connectivity index (χ0n) is 17.7. The minimum absolute atomic E-state index is 0.0675. The van der Waals surface area contributed by atoms with Crippen LogP contribution >= 0.6 is 11.3 Å². The Morgan fingerprint density at radius 2 is 2.12 bits per heavy atom. The number of anilines is 1. The fourth-order valence-electron chi connectivity index (χ4n) is 3.55. The summed E-state index contributed by atoms with van der Waals surface area (Å²) in [5, 5.41) is 19.1. The lowest BCUT2D eigenvalue weighted by Crippen LogP contribution is -2.36. The van der Waals surface area contributed by atoms with Gasteiger partial charge in [-0.2, -0.15) is 23.1 Å². The maximum Gasteiger partial charge on any atom is 0.451 e. The Kier molecular flexibility index (Phi) is 6.65. The van der Waals surface area contributed by atoms with Gasteiger partial charge in [0.2, 0.25) is 11.7 Å². The smallest absolute Gasteiger partial charge is 0.451 e. The van der Waals surface area contributed by atoms with Crippen molar-refractivity contribution in [3.05, 3.63) is 22.6 Å². The topological polar surface area (TPSA) is 118 Å². The Balaban J connectivity index is 1.61. The quantitative estimate of drug-likeness (QED) is 0.464. The highest BCUT2D eigenvalue weighted by molar-refractivity contribution is 7.18. The van der Waals surface area contributed by atoms with Crippen LogP contribution < -0.4 is 15.0 Å². The van der Waals surface area contributed by atoms with Crippen molar-refractivity contribution in [3.63, 3.8) is 0 Å². The number of alkyl halides is 3. The van der Waals surface area contributed by atoms with Crippen molar-refractivity contribution < 1.29 is 27.8 Å². The molecule has 14 heteroatoms. The van der Waals surface area contributed by atoms with E-state index in [0.717, 1.165) is 27.7 Å². The van der Waals surface area contributed by atoms with E-state index in [1.165, 1.54) is 11.3 Å². The number of ether oxygens (including phenoxy) is 1. The predicted molar refractivity (Wildman–Crippen MR) is 113 cm³/mol. The largest absolute Gasteiger partial charge is 0.462 e. The van der Waals surface area contributed by atoms with Gasteiger partial charge in [-0.3, -0.25) is 4.79 Å². The number of carbonyl (C=O) groups is 1. The lowest BCUT2D eigenvalue weighted by molar-refractivity contribution is -0.147. The Labute approximate surface area is 190 Å². The van der Waals surface area contributed by atoms with Gasteiger partial charge in [-0.05, 0) is 12.5 Å². The molecule has 1 aliphatic rings. The highest BCUT2D eigenvalue weighted by Crippen LogP contribution is 2.35. The first-order chi connectivity index (χ1) is 15.8. The molecule has 3 aromatic rings. The van der Waals surface area contributed by atoms with Crippen LogP contribution in [-0.4, -0.2) is 62.0 Å². The van der Waals surface area contributed by atoms with Crippen LogP contribution in [0.5, 0.6) is 6.01 Å². The second-order valence-corrected chi connectivity index (χ2v) is 8.49. The molecule has 0 aromatic carbocycles. The number of thiophene rings is 1. The first-order valence-corrected chi connectivity index (χ1v) is 11.2. The van der Waals surface area contributed by atoms with Gasteiger partial charge in [0.1, 0.15) is 23.9 Å². The number of aliphatic hydroxyl groups is 1. The zero-order valence-corrected chi connectivity index (χ0v) is 18.5. The van der Waals surface area contributed by atoms with Crippen LogP contribution in [0.3, 0.4) is 0 Å². The molecule has 0 unspecified atom stereocenters. The molecule has 0 saturated heterocycles. The summed E-state index contributed by atoms with van der Waals surface area (Å²) in [4.78, 5) is 23.8. The minimum Gasteiger partial charge on any atom is -0.462 e. The molecule has 0 aliphatic carbocycles. The molecule has 2 N–H and O–H groups in total. The maximum absolute atomic E-state index is 13.2. The van der Waals surface area contributed by atoms with E-state index in [1.54, 1.807) is 0 Å². The summed E-state index contributed by atoms with van der Waals surface area (Å²) in [5.41, 5.74) is 0. The van der Waals surface area contributed by atoms with Crippen LogP contribution in [0.15, 0.2) is 6.07 Å². The second-order valence-electron chi connectivity index (χ2n) is 7.38. The fourth-order valence-corrected chi connectivity index (χ4v) is 4.66. The van der Waals surface area contributed by atoms with Crippen molar-refractivity contribution >= 4 is 33.3 Å². The van der Waals surface area contributed by atoms with Gasteiger partial charge in [-0.15, -0.1) is 21.5 Å². The van der Waals surface area contributed by atoms with Crippen LogP contribution in [0.2, 0.25) is 0 Å². The van der Waals surface area contributed by atoms with Crippen molar-refractivity contribution in [2.45, 2.75) is 39.0 Å². The fraction of sp³-hybridized carbons (Fsp3) is 0.526. The molecule has 178 valence electrons. The summed E-state index contributed by atoms with van der Waals surface area (Å²) in [7, 11) is 0. The van der Waals surface area contributed by atoms with Gasteiger partial charge in [0.15, 0.2) is 5.82 Å². The Bertz CT molecular complexity index is 1150. The number of aromatic nitrogens is 5. The van der Waals surface area contributed by atoms with Crippen LogP contribution in [0.4, 0.5) is 19.0 Å². The van der Waals surface area contributed by atoms with Gasteiger partial charge in [-0.1, -0.05) is 13.3 Å². The highest BCUT2D eigenvalue weighted by atomic mass is 32.1. The number of carbonyl (C=O) groups excluding carboxylic acids is 1. The molecule has 1 amide bonds. The number of fused-ring (bicyclic) bond motifs is 2. The Morgan fingerprint density at radius 3 is 2.85 bits per heavy atom. The molecule has 0 bridgehead atoms. The third kappa shape index (κ3) is 5.00. The number of aryl methyl sites for hydroxylation is 1.